The Morgan fingerprint density at radius 2 is 1.57 bits per heavy atom. The van der Waals surface area contributed by atoms with Gasteiger partial charge in [-0.25, -0.2) is 4.79 Å². The zero-order chi connectivity index (χ0) is 24.4. The van der Waals surface area contributed by atoms with Crippen molar-refractivity contribution in [3.05, 3.63) is 59.2 Å². The molecule has 4 aliphatic carbocycles. The smallest absolute Gasteiger partial charge is 0.335 e. The van der Waals surface area contributed by atoms with Crippen LogP contribution in [0.3, 0.4) is 0 Å². The number of carbonyl (C=O) groups excluding carboxylic acids is 1. The predicted octanol–water partition coefficient (Wildman–Crippen LogP) is 5.78. The lowest BCUT2D eigenvalue weighted by atomic mass is 9.48. The molecule has 0 unspecified atom stereocenters. The van der Waals surface area contributed by atoms with Gasteiger partial charge in [-0.2, -0.15) is 0 Å². The van der Waals surface area contributed by atoms with Crippen molar-refractivity contribution >= 4 is 22.8 Å². The van der Waals surface area contributed by atoms with Gasteiger partial charge in [-0.05, 0) is 110 Å². The fraction of sp³-hybridized carbons (Fsp3) is 0.500. The van der Waals surface area contributed by atoms with Crippen LogP contribution in [0.25, 0.3) is 0 Å². The van der Waals surface area contributed by atoms with Crippen LogP contribution in [0.1, 0.15) is 64.8 Å². The number of thioether (sulfide) groups is 1. The van der Waals surface area contributed by atoms with Crippen LogP contribution >= 0.6 is 11.8 Å². The third-order valence-electron chi connectivity index (χ3n) is 7.87. The highest BCUT2D eigenvalue weighted by Gasteiger charge is 2.52. The minimum atomic E-state index is -0.984. The third-order valence-corrected chi connectivity index (χ3v) is 8.80. The fourth-order valence-electron chi connectivity index (χ4n) is 6.79. The molecule has 2 aromatic rings. The van der Waals surface area contributed by atoms with Crippen molar-refractivity contribution in [3.8, 4) is 5.75 Å². The number of carboxylic acids is 1. The van der Waals surface area contributed by atoms with E-state index >= 15 is 0 Å². The van der Waals surface area contributed by atoms with Crippen LogP contribution in [0.5, 0.6) is 5.75 Å². The summed E-state index contributed by atoms with van der Waals surface area (Å²) in [7, 11) is 1.64. The molecule has 0 aliphatic heterocycles. The normalized spacial score (nSPS) is 26.6. The molecule has 4 bridgehead atoms. The summed E-state index contributed by atoms with van der Waals surface area (Å²) in [5.74, 6) is 2.17. The SMILES string of the molecule is COCCOCOc1cc(C(=O)Sc2ccc(C(=O)O)cc2)ccc1C12CC3CC(CC(C3)C1)C2. The first-order valence-electron chi connectivity index (χ1n) is 12.4. The van der Waals surface area contributed by atoms with E-state index in [0.29, 0.717) is 23.7 Å². The quantitative estimate of drug-likeness (QED) is 0.253. The van der Waals surface area contributed by atoms with Gasteiger partial charge in [0.15, 0.2) is 6.79 Å². The van der Waals surface area contributed by atoms with E-state index in [1.54, 1.807) is 19.2 Å². The number of hydrogen-bond acceptors (Lipinski definition) is 6. The summed E-state index contributed by atoms with van der Waals surface area (Å²) >= 11 is 1.09. The molecule has 0 radical (unpaired) electrons. The molecule has 4 fully saturated rings. The van der Waals surface area contributed by atoms with E-state index in [0.717, 1.165) is 35.3 Å². The highest BCUT2D eigenvalue weighted by atomic mass is 32.2. The molecule has 4 aliphatic rings. The first-order chi connectivity index (χ1) is 17.0. The minimum Gasteiger partial charge on any atom is -0.478 e. The molecule has 186 valence electrons. The molecule has 7 heteroatoms. The number of carbonyl (C=O) groups is 2. The molecule has 0 heterocycles. The standard InChI is InChI=1S/C28H32O6S/c1-32-8-9-33-17-34-25-13-22(27(31)35-23-5-2-21(3-6-23)26(29)30)4-7-24(25)28-14-18-10-19(15-28)12-20(11-18)16-28/h2-7,13,18-20H,8-12,14-17H2,1H3,(H,29,30). The van der Waals surface area contributed by atoms with Crippen molar-refractivity contribution in [2.75, 3.05) is 27.1 Å². The molecule has 0 amide bonds. The molecule has 35 heavy (non-hydrogen) atoms. The second-order valence-corrected chi connectivity index (χ2v) is 11.3. The van der Waals surface area contributed by atoms with E-state index in [4.69, 9.17) is 19.3 Å². The van der Waals surface area contributed by atoms with Crippen molar-refractivity contribution in [3.63, 3.8) is 0 Å². The van der Waals surface area contributed by atoms with E-state index < -0.39 is 5.97 Å². The molecule has 0 saturated heterocycles. The van der Waals surface area contributed by atoms with Crippen LogP contribution < -0.4 is 4.74 Å². The highest BCUT2D eigenvalue weighted by Crippen LogP contribution is 2.62. The minimum absolute atomic E-state index is 0.102. The summed E-state index contributed by atoms with van der Waals surface area (Å²) in [6, 6.07) is 12.3. The van der Waals surface area contributed by atoms with E-state index in [-0.39, 0.29) is 22.9 Å². The maximum atomic E-state index is 13.1. The number of ether oxygens (including phenoxy) is 3. The summed E-state index contributed by atoms with van der Waals surface area (Å²) in [6.45, 7) is 1.06. The monoisotopic (exact) mass is 496 g/mol. The molecule has 1 N–H and O–H groups in total. The average Bonchev–Trinajstić information content (AvgIpc) is 2.83. The summed E-state index contributed by atoms with van der Waals surface area (Å²) in [4.78, 5) is 24.9. The van der Waals surface area contributed by atoms with Gasteiger partial charge in [0.1, 0.15) is 5.75 Å². The molecule has 4 saturated carbocycles. The topological polar surface area (TPSA) is 82.1 Å². The van der Waals surface area contributed by atoms with Gasteiger partial charge in [-0.1, -0.05) is 6.07 Å². The zero-order valence-corrected chi connectivity index (χ0v) is 20.9. The summed E-state index contributed by atoms with van der Waals surface area (Å²) in [5.41, 5.74) is 2.13. The van der Waals surface area contributed by atoms with E-state index in [1.165, 1.54) is 56.2 Å². The number of methoxy groups -OCH3 is 1. The first-order valence-corrected chi connectivity index (χ1v) is 13.2. The predicted molar refractivity (Wildman–Crippen MR) is 133 cm³/mol. The van der Waals surface area contributed by atoms with Gasteiger partial charge in [0.25, 0.3) is 0 Å². The molecular formula is C28H32O6S. The Hall–Kier alpha value is -2.35. The number of hydrogen-bond donors (Lipinski definition) is 1. The van der Waals surface area contributed by atoms with Crippen LogP contribution in [0, 0.1) is 17.8 Å². The van der Waals surface area contributed by atoms with E-state index in [9.17, 15) is 9.59 Å². The van der Waals surface area contributed by atoms with Crippen molar-refractivity contribution < 1.29 is 28.9 Å². The molecule has 0 atom stereocenters. The van der Waals surface area contributed by atoms with Crippen molar-refractivity contribution in [1.82, 2.24) is 0 Å². The van der Waals surface area contributed by atoms with Crippen LogP contribution in [0.2, 0.25) is 0 Å². The van der Waals surface area contributed by atoms with Gasteiger partial charge in [0.2, 0.25) is 5.12 Å². The second kappa shape index (κ2) is 10.3. The van der Waals surface area contributed by atoms with Crippen molar-refractivity contribution in [2.45, 2.75) is 48.8 Å². The van der Waals surface area contributed by atoms with Gasteiger partial charge in [0.05, 0.1) is 18.8 Å². The largest absolute Gasteiger partial charge is 0.478 e. The lowest BCUT2D eigenvalue weighted by molar-refractivity contribution is -0.0189. The molecule has 2 aromatic carbocycles. The summed E-state index contributed by atoms with van der Waals surface area (Å²) < 4.78 is 16.8. The molecule has 6 nitrogen and oxygen atoms in total. The number of aromatic carboxylic acids is 1. The van der Waals surface area contributed by atoms with Gasteiger partial charge in [0, 0.05) is 23.1 Å². The maximum absolute atomic E-state index is 13.1. The Bertz CT molecular complexity index is 1040. The van der Waals surface area contributed by atoms with Crippen LogP contribution in [0.4, 0.5) is 0 Å². The van der Waals surface area contributed by atoms with Gasteiger partial charge < -0.3 is 19.3 Å². The fourth-order valence-corrected chi connectivity index (χ4v) is 7.52. The Kier molecular flexibility index (Phi) is 7.19. The van der Waals surface area contributed by atoms with Gasteiger partial charge in [-0.15, -0.1) is 0 Å². The van der Waals surface area contributed by atoms with Crippen LogP contribution in [-0.2, 0) is 14.9 Å². The molecule has 6 rings (SSSR count). The number of carboxylic acid groups (broad SMARTS) is 1. The van der Waals surface area contributed by atoms with E-state index in [2.05, 4.69) is 6.07 Å². The molecule has 0 aromatic heterocycles. The lowest BCUT2D eigenvalue weighted by Gasteiger charge is -2.57. The van der Waals surface area contributed by atoms with Gasteiger partial charge >= 0.3 is 5.97 Å². The van der Waals surface area contributed by atoms with Crippen LogP contribution in [-0.4, -0.2) is 43.3 Å². The average molecular weight is 497 g/mol. The summed E-state index contributed by atoms with van der Waals surface area (Å²) in [5, 5.41) is 8.99. The Balaban J connectivity index is 1.38. The molecular weight excluding hydrogens is 464 g/mol. The number of benzene rings is 2. The van der Waals surface area contributed by atoms with E-state index in [1.807, 2.05) is 12.1 Å². The number of rotatable bonds is 10. The van der Waals surface area contributed by atoms with Crippen molar-refractivity contribution in [1.29, 1.82) is 0 Å². The zero-order valence-electron chi connectivity index (χ0n) is 20.0. The Morgan fingerprint density at radius 3 is 2.17 bits per heavy atom. The Morgan fingerprint density at radius 1 is 0.943 bits per heavy atom. The van der Waals surface area contributed by atoms with Crippen LogP contribution in [0.15, 0.2) is 47.4 Å². The van der Waals surface area contributed by atoms with Gasteiger partial charge in [-0.3, -0.25) is 4.79 Å². The lowest BCUT2D eigenvalue weighted by Crippen LogP contribution is -2.48. The highest BCUT2D eigenvalue weighted by molar-refractivity contribution is 8.14. The molecule has 0 spiro atoms. The first kappa shape index (κ1) is 24.3. The maximum Gasteiger partial charge on any atom is 0.335 e. The Labute approximate surface area is 210 Å². The van der Waals surface area contributed by atoms with Crippen molar-refractivity contribution in [2.24, 2.45) is 17.8 Å². The summed E-state index contributed by atoms with van der Waals surface area (Å²) in [6.07, 6.45) is 7.71. The third kappa shape index (κ3) is 5.27. The second-order valence-electron chi connectivity index (χ2n) is 10.3.